The van der Waals surface area contributed by atoms with Crippen LogP contribution in [-0.2, 0) is 23.8 Å². The Kier molecular flexibility index (Phi) is 6.40. The van der Waals surface area contributed by atoms with E-state index < -0.39 is 16.8 Å². The van der Waals surface area contributed by atoms with Crippen LogP contribution in [0.3, 0.4) is 0 Å². The molecule has 0 heterocycles. The van der Waals surface area contributed by atoms with Gasteiger partial charge in [0.05, 0.1) is 18.8 Å². The lowest BCUT2D eigenvalue weighted by atomic mass is 9.47. The summed E-state index contributed by atoms with van der Waals surface area (Å²) in [6.07, 6.45) is 10.4. The van der Waals surface area contributed by atoms with Gasteiger partial charge in [-0.1, -0.05) is 13.2 Å². The zero-order chi connectivity index (χ0) is 26.9. The third kappa shape index (κ3) is 4.46. The summed E-state index contributed by atoms with van der Waals surface area (Å²) < 4.78 is 18.6. The zero-order valence-corrected chi connectivity index (χ0v) is 22.8. The Hall–Kier alpha value is -1.70. The molecule has 4 atom stereocenters. The van der Waals surface area contributed by atoms with Gasteiger partial charge in [0.1, 0.15) is 11.2 Å². The van der Waals surface area contributed by atoms with Crippen molar-refractivity contribution in [3.05, 3.63) is 24.3 Å². The van der Waals surface area contributed by atoms with Crippen molar-refractivity contribution in [2.24, 2.45) is 35.0 Å². The Labute approximate surface area is 226 Å². The molecule has 210 valence electrons. The molecule has 8 rings (SSSR count). The summed E-state index contributed by atoms with van der Waals surface area (Å²) in [4.78, 5) is 26.0. The van der Waals surface area contributed by atoms with Crippen LogP contribution in [0.1, 0.15) is 84.0 Å². The van der Waals surface area contributed by atoms with E-state index >= 15 is 0 Å². The summed E-state index contributed by atoms with van der Waals surface area (Å²) in [5, 5.41) is 19.6. The van der Waals surface area contributed by atoms with E-state index in [1.807, 2.05) is 0 Å². The minimum absolute atomic E-state index is 0.0389. The van der Waals surface area contributed by atoms with Crippen molar-refractivity contribution in [3.8, 4) is 0 Å². The van der Waals surface area contributed by atoms with Gasteiger partial charge in [-0.2, -0.15) is 0 Å². The van der Waals surface area contributed by atoms with Crippen molar-refractivity contribution in [2.45, 2.75) is 101 Å². The maximum absolute atomic E-state index is 13.5. The van der Waals surface area contributed by atoms with Gasteiger partial charge in [0.25, 0.3) is 0 Å². The predicted molar refractivity (Wildman–Crippen MR) is 140 cm³/mol. The second-order valence-electron chi connectivity index (χ2n) is 14.3. The molecular weight excluding hydrogens is 484 g/mol. The fourth-order valence-corrected chi connectivity index (χ4v) is 10.6. The van der Waals surface area contributed by atoms with Crippen LogP contribution in [0.2, 0.25) is 0 Å². The maximum atomic E-state index is 13.5. The Morgan fingerprint density at radius 3 is 1.97 bits per heavy atom. The molecule has 0 aliphatic heterocycles. The summed E-state index contributed by atoms with van der Waals surface area (Å²) in [5.41, 5.74) is -0.570. The molecule has 8 bridgehead atoms. The van der Waals surface area contributed by atoms with E-state index in [1.54, 1.807) is 6.92 Å². The van der Waals surface area contributed by atoms with Crippen molar-refractivity contribution in [3.63, 3.8) is 0 Å². The summed E-state index contributed by atoms with van der Waals surface area (Å²) in [5.74, 6) is 1.21. The van der Waals surface area contributed by atoms with E-state index in [9.17, 15) is 19.8 Å². The molecule has 0 aromatic carbocycles. The minimum atomic E-state index is -0.576. The monoisotopic (exact) mass is 528 g/mol. The van der Waals surface area contributed by atoms with E-state index in [2.05, 4.69) is 13.2 Å². The number of hydrogen-bond acceptors (Lipinski definition) is 7. The number of ether oxygens (including phenoxy) is 3. The molecule has 38 heavy (non-hydrogen) atoms. The second-order valence-corrected chi connectivity index (χ2v) is 14.3. The van der Waals surface area contributed by atoms with Gasteiger partial charge in [-0.05, 0) is 113 Å². The molecule has 7 nitrogen and oxygen atoms in total. The van der Waals surface area contributed by atoms with Crippen LogP contribution >= 0.6 is 0 Å². The molecular formula is C31H44O7. The van der Waals surface area contributed by atoms with Crippen LogP contribution in [0.15, 0.2) is 24.3 Å². The Bertz CT molecular complexity index is 999. The fraction of sp³-hybridized carbons (Fsp3) is 0.806. The topological polar surface area (TPSA) is 102 Å². The van der Waals surface area contributed by atoms with Crippen molar-refractivity contribution >= 4 is 11.9 Å². The average molecular weight is 529 g/mol. The number of rotatable bonds is 10. The Balaban J connectivity index is 1.15. The number of aliphatic hydroxyl groups excluding tert-OH is 2. The first-order chi connectivity index (χ1) is 18.0. The highest BCUT2D eigenvalue weighted by molar-refractivity contribution is 5.88. The first-order valence-corrected chi connectivity index (χ1v) is 14.7. The van der Waals surface area contributed by atoms with Crippen LogP contribution in [0.4, 0.5) is 0 Å². The highest BCUT2D eigenvalue weighted by atomic mass is 16.6. The van der Waals surface area contributed by atoms with Gasteiger partial charge < -0.3 is 24.4 Å². The molecule has 0 spiro atoms. The lowest BCUT2D eigenvalue weighted by Gasteiger charge is -2.63. The third-order valence-electron chi connectivity index (χ3n) is 11.1. The van der Waals surface area contributed by atoms with Gasteiger partial charge in [0.2, 0.25) is 0 Å². The van der Waals surface area contributed by atoms with Crippen LogP contribution in [0.25, 0.3) is 0 Å². The molecule has 0 radical (unpaired) electrons. The van der Waals surface area contributed by atoms with Gasteiger partial charge in [0, 0.05) is 24.2 Å². The molecule has 8 aliphatic carbocycles. The molecule has 0 amide bonds. The molecule has 4 unspecified atom stereocenters. The zero-order valence-electron chi connectivity index (χ0n) is 22.8. The standard InChI is InChI=1S/C31H44O7/c1-19(2)26(34)37-31-14-23-12-29(17-31,36-5-4-32)13-24(15-31)25(23)6-20(3)27(35)38-30-10-21-7-22(11-30)9-28(8-21,16-30)18-33/h21-25,32-33H,1,3-18H2,2H3. The van der Waals surface area contributed by atoms with E-state index in [0.717, 1.165) is 57.8 Å². The Morgan fingerprint density at radius 1 is 0.816 bits per heavy atom. The van der Waals surface area contributed by atoms with Crippen molar-refractivity contribution < 1.29 is 34.0 Å². The van der Waals surface area contributed by atoms with E-state index in [-0.39, 0.29) is 54.9 Å². The maximum Gasteiger partial charge on any atom is 0.333 e. The SMILES string of the molecule is C=C(C)C(=O)OC12CC3CC(OCCO)(CC(C1)C3CC(=C)C(=O)OC13CC4CC(CC(CO)(C4)C1)C3)C2. The van der Waals surface area contributed by atoms with Crippen molar-refractivity contribution in [1.29, 1.82) is 0 Å². The highest BCUT2D eigenvalue weighted by Gasteiger charge is 2.64. The lowest BCUT2D eigenvalue weighted by Crippen LogP contribution is -2.64. The highest BCUT2D eigenvalue weighted by Crippen LogP contribution is 2.64. The van der Waals surface area contributed by atoms with E-state index in [1.165, 1.54) is 6.42 Å². The van der Waals surface area contributed by atoms with Gasteiger partial charge in [-0.25, -0.2) is 9.59 Å². The molecule has 0 aromatic heterocycles. The number of esters is 2. The molecule has 0 saturated heterocycles. The average Bonchev–Trinajstić information content (AvgIpc) is 2.83. The summed E-state index contributed by atoms with van der Waals surface area (Å²) >= 11 is 0. The normalized spacial score (nSPS) is 45.7. The minimum Gasteiger partial charge on any atom is -0.456 e. The molecule has 8 aliphatic rings. The molecule has 8 saturated carbocycles. The molecule has 8 fully saturated rings. The first-order valence-electron chi connectivity index (χ1n) is 14.7. The van der Waals surface area contributed by atoms with E-state index in [4.69, 9.17) is 14.2 Å². The number of hydrogen-bond donors (Lipinski definition) is 2. The third-order valence-corrected chi connectivity index (χ3v) is 11.1. The van der Waals surface area contributed by atoms with Crippen LogP contribution in [0.5, 0.6) is 0 Å². The van der Waals surface area contributed by atoms with E-state index in [0.29, 0.717) is 35.8 Å². The molecule has 0 aromatic rings. The Morgan fingerprint density at radius 2 is 1.39 bits per heavy atom. The van der Waals surface area contributed by atoms with Gasteiger partial charge in [-0.3, -0.25) is 0 Å². The van der Waals surface area contributed by atoms with Crippen LogP contribution in [0, 0.1) is 35.0 Å². The van der Waals surface area contributed by atoms with Crippen molar-refractivity contribution in [1.82, 2.24) is 0 Å². The lowest BCUT2D eigenvalue weighted by molar-refractivity contribution is -0.248. The quantitative estimate of drug-likeness (QED) is 0.323. The molecule has 2 N–H and O–H groups in total. The predicted octanol–water partition coefficient (Wildman–Crippen LogP) is 4.25. The first kappa shape index (κ1) is 26.5. The smallest absolute Gasteiger partial charge is 0.333 e. The number of carbonyl (C=O) groups excluding carboxylic acids is 2. The van der Waals surface area contributed by atoms with Crippen LogP contribution < -0.4 is 0 Å². The number of aliphatic hydroxyl groups is 2. The summed E-state index contributed by atoms with van der Waals surface area (Å²) in [6, 6.07) is 0. The fourth-order valence-electron chi connectivity index (χ4n) is 10.6. The van der Waals surface area contributed by atoms with Gasteiger partial charge >= 0.3 is 11.9 Å². The largest absolute Gasteiger partial charge is 0.456 e. The number of carbonyl (C=O) groups is 2. The second kappa shape index (κ2) is 9.17. The molecule has 7 heteroatoms. The summed E-state index contributed by atoms with van der Waals surface area (Å²) in [6.45, 7) is 10.1. The van der Waals surface area contributed by atoms with Crippen molar-refractivity contribution in [2.75, 3.05) is 19.8 Å². The summed E-state index contributed by atoms with van der Waals surface area (Å²) in [7, 11) is 0. The van der Waals surface area contributed by atoms with Crippen LogP contribution in [-0.4, -0.2) is 58.8 Å². The van der Waals surface area contributed by atoms with Gasteiger partial charge in [-0.15, -0.1) is 0 Å². The van der Waals surface area contributed by atoms with Gasteiger partial charge in [0.15, 0.2) is 0 Å².